The van der Waals surface area contributed by atoms with Gasteiger partial charge >= 0.3 is 0 Å². The van der Waals surface area contributed by atoms with E-state index in [1.54, 1.807) is 31.4 Å². The molecular weight excluding hydrogens is 255 g/mol. The van der Waals surface area contributed by atoms with Gasteiger partial charge in [-0.05, 0) is 36.8 Å². The summed E-state index contributed by atoms with van der Waals surface area (Å²) < 4.78 is 18.4. The fourth-order valence-corrected chi connectivity index (χ4v) is 1.96. The predicted molar refractivity (Wildman–Crippen MR) is 76.1 cm³/mol. The Morgan fingerprint density at radius 3 is 2.70 bits per heavy atom. The number of ether oxygens (including phenoxy) is 1. The van der Waals surface area contributed by atoms with Crippen molar-refractivity contribution in [1.29, 1.82) is 5.26 Å². The first kappa shape index (κ1) is 13.9. The zero-order valence-electron chi connectivity index (χ0n) is 11.4. The van der Waals surface area contributed by atoms with Gasteiger partial charge in [-0.15, -0.1) is 0 Å². The fraction of sp³-hybridized carbons (Fsp3) is 0.188. The molecule has 0 saturated carbocycles. The van der Waals surface area contributed by atoms with Gasteiger partial charge in [-0.3, -0.25) is 0 Å². The molecule has 0 aliphatic carbocycles. The fourth-order valence-electron chi connectivity index (χ4n) is 1.96. The van der Waals surface area contributed by atoms with Gasteiger partial charge in [0, 0.05) is 12.1 Å². The van der Waals surface area contributed by atoms with E-state index in [1.165, 1.54) is 12.1 Å². The summed E-state index contributed by atoms with van der Waals surface area (Å²) in [4.78, 5) is 0. The molecule has 20 heavy (non-hydrogen) atoms. The maximum Gasteiger partial charge on any atom is 0.123 e. The van der Waals surface area contributed by atoms with Gasteiger partial charge in [0.2, 0.25) is 0 Å². The molecule has 0 amide bonds. The summed E-state index contributed by atoms with van der Waals surface area (Å²) in [5, 5.41) is 12.3. The van der Waals surface area contributed by atoms with Gasteiger partial charge in [0.05, 0.1) is 18.4 Å². The maximum absolute atomic E-state index is 13.2. The second-order valence-corrected chi connectivity index (χ2v) is 4.44. The first-order valence-corrected chi connectivity index (χ1v) is 6.24. The Kier molecular flexibility index (Phi) is 4.21. The number of benzene rings is 2. The molecule has 4 heteroatoms. The molecule has 1 unspecified atom stereocenters. The normalized spacial score (nSPS) is 11.5. The van der Waals surface area contributed by atoms with Crippen LogP contribution in [-0.2, 0) is 0 Å². The van der Waals surface area contributed by atoms with Gasteiger partial charge in [0.25, 0.3) is 0 Å². The van der Waals surface area contributed by atoms with Crippen LogP contribution in [0.5, 0.6) is 5.75 Å². The Balaban J connectivity index is 2.27. The van der Waals surface area contributed by atoms with Gasteiger partial charge in [-0.1, -0.05) is 12.1 Å². The summed E-state index contributed by atoms with van der Waals surface area (Å²) in [5.41, 5.74) is 2.01. The van der Waals surface area contributed by atoms with Gasteiger partial charge in [0.1, 0.15) is 17.6 Å². The molecule has 1 N–H and O–H groups in total. The molecule has 0 aromatic heterocycles. The Labute approximate surface area is 117 Å². The molecule has 0 saturated heterocycles. The predicted octanol–water partition coefficient (Wildman–Crippen LogP) is 3.88. The number of anilines is 1. The minimum absolute atomic E-state index is 0.120. The Morgan fingerprint density at radius 2 is 2.05 bits per heavy atom. The van der Waals surface area contributed by atoms with Crippen molar-refractivity contribution in [2.75, 3.05) is 12.4 Å². The third kappa shape index (κ3) is 3.07. The van der Waals surface area contributed by atoms with E-state index in [0.29, 0.717) is 17.0 Å². The first-order chi connectivity index (χ1) is 9.63. The van der Waals surface area contributed by atoms with Crippen LogP contribution in [-0.4, -0.2) is 7.11 Å². The van der Waals surface area contributed by atoms with E-state index in [-0.39, 0.29) is 11.9 Å². The van der Waals surface area contributed by atoms with Crippen LogP contribution in [0.25, 0.3) is 0 Å². The van der Waals surface area contributed by atoms with Crippen LogP contribution in [0.2, 0.25) is 0 Å². The van der Waals surface area contributed by atoms with Crippen LogP contribution in [0.15, 0.2) is 42.5 Å². The third-order valence-corrected chi connectivity index (χ3v) is 3.07. The minimum atomic E-state index is -0.276. The van der Waals surface area contributed by atoms with Gasteiger partial charge < -0.3 is 10.1 Å². The van der Waals surface area contributed by atoms with Crippen molar-refractivity contribution in [3.05, 3.63) is 59.4 Å². The summed E-state index contributed by atoms with van der Waals surface area (Å²) in [6, 6.07) is 13.6. The zero-order valence-corrected chi connectivity index (χ0v) is 11.4. The number of halogens is 1. The van der Waals surface area contributed by atoms with Gasteiger partial charge in [-0.2, -0.15) is 5.26 Å². The molecule has 1 atom stereocenters. The van der Waals surface area contributed by atoms with E-state index >= 15 is 0 Å². The zero-order chi connectivity index (χ0) is 14.5. The summed E-state index contributed by atoms with van der Waals surface area (Å²) in [5.74, 6) is 0.389. The van der Waals surface area contributed by atoms with Crippen LogP contribution in [0, 0.1) is 17.1 Å². The SMILES string of the molecule is COc1ccc(C#N)c(NC(C)c2cccc(F)c2)c1. The van der Waals surface area contributed by atoms with Gasteiger partial charge in [-0.25, -0.2) is 4.39 Å². The van der Waals surface area contributed by atoms with E-state index < -0.39 is 0 Å². The number of nitriles is 1. The van der Waals surface area contributed by atoms with Crippen LogP contribution >= 0.6 is 0 Å². The van der Waals surface area contributed by atoms with Crippen molar-refractivity contribution >= 4 is 5.69 Å². The molecule has 3 nitrogen and oxygen atoms in total. The quantitative estimate of drug-likeness (QED) is 0.917. The number of rotatable bonds is 4. The van der Waals surface area contributed by atoms with Crippen LogP contribution in [0.4, 0.5) is 10.1 Å². The van der Waals surface area contributed by atoms with E-state index in [0.717, 1.165) is 5.56 Å². The van der Waals surface area contributed by atoms with Gasteiger partial charge in [0.15, 0.2) is 0 Å². The lowest BCUT2D eigenvalue weighted by molar-refractivity contribution is 0.415. The Bertz CT molecular complexity index is 649. The molecule has 2 aromatic rings. The monoisotopic (exact) mass is 270 g/mol. The first-order valence-electron chi connectivity index (χ1n) is 6.24. The molecule has 0 spiro atoms. The number of nitrogens with one attached hydrogen (secondary N) is 1. The Hall–Kier alpha value is -2.54. The second kappa shape index (κ2) is 6.07. The van der Waals surface area contributed by atoms with E-state index in [9.17, 15) is 4.39 Å². The molecular formula is C16H15FN2O. The molecule has 0 aliphatic heterocycles. The highest BCUT2D eigenvalue weighted by molar-refractivity contribution is 5.61. The molecule has 0 aliphatic rings. The lowest BCUT2D eigenvalue weighted by Gasteiger charge is -2.17. The van der Waals surface area contributed by atoms with Crippen molar-refractivity contribution in [3.63, 3.8) is 0 Å². The average Bonchev–Trinajstić information content (AvgIpc) is 2.47. The Morgan fingerprint density at radius 1 is 1.25 bits per heavy atom. The minimum Gasteiger partial charge on any atom is -0.497 e. The molecule has 0 heterocycles. The van der Waals surface area contributed by atoms with Crippen LogP contribution in [0.3, 0.4) is 0 Å². The lowest BCUT2D eigenvalue weighted by Crippen LogP contribution is -2.08. The molecule has 102 valence electrons. The largest absolute Gasteiger partial charge is 0.497 e. The van der Waals surface area contributed by atoms with Crippen molar-refractivity contribution in [2.24, 2.45) is 0 Å². The summed E-state index contributed by atoms with van der Waals surface area (Å²) in [6.07, 6.45) is 0. The molecule has 2 rings (SSSR count). The van der Waals surface area contributed by atoms with Crippen molar-refractivity contribution in [1.82, 2.24) is 0 Å². The summed E-state index contributed by atoms with van der Waals surface area (Å²) in [7, 11) is 1.57. The third-order valence-electron chi connectivity index (χ3n) is 3.07. The number of hydrogen-bond donors (Lipinski definition) is 1. The number of hydrogen-bond acceptors (Lipinski definition) is 3. The van der Waals surface area contributed by atoms with E-state index in [1.807, 2.05) is 13.0 Å². The van der Waals surface area contributed by atoms with E-state index in [2.05, 4.69) is 11.4 Å². The summed E-state index contributed by atoms with van der Waals surface area (Å²) in [6.45, 7) is 1.91. The second-order valence-electron chi connectivity index (χ2n) is 4.44. The topological polar surface area (TPSA) is 45.0 Å². The average molecular weight is 270 g/mol. The maximum atomic E-state index is 13.2. The van der Waals surface area contributed by atoms with Crippen molar-refractivity contribution in [2.45, 2.75) is 13.0 Å². The molecule has 0 bridgehead atoms. The smallest absolute Gasteiger partial charge is 0.123 e. The van der Waals surface area contributed by atoms with Crippen LogP contribution < -0.4 is 10.1 Å². The van der Waals surface area contributed by atoms with Crippen LogP contribution in [0.1, 0.15) is 24.1 Å². The van der Waals surface area contributed by atoms with E-state index in [4.69, 9.17) is 10.00 Å². The molecule has 0 fully saturated rings. The molecule has 0 radical (unpaired) electrons. The standard InChI is InChI=1S/C16H15FN2O/c1-11(12-4-3-5-14(17)8-12)19-16-9-15(20-2)7-6-13(16)10-18/h3-9,11,19H,1-2H3. The number of methoxy groups -OCH3 is 1. The highest BCUT2D eigenvalue weighted by Crippen LogP contribution is 2.26. The molecule has 2 aromatic carbocycles. The highest BCUT2D eigenvalue weighted by atomic mass is 19.1. The summed E-state index contributed by atoms with van der Waals surface area (Å²) >= 11 is 0. The lowest BCUT2D eigenvalue weighted by atomic mass is 10.1. The van der Waals surface area contributed by atoms with Crippen molar-refractivity contribution in [3.8, 4) is 11.8 Å². The van der Waals surface area contributed by atoms with Crippen molar-refractivity contribution < 1.29 is 9.13 Å². The highest BCUT2D eigenvalue weighted by Gasteiger charge is 2.10. The number of nitrogens with zero attached hydrogens (tertiary/aromatic N) is 1.